The van der Waals surface area contributed by atoms with Gasteiger partial charge in [0.15, 0.2) is 5.82 Å². The summed E-state index contributed by atoms with van der Waals surface area (Å²) in [4.78, 5) is 22.7. The van der Waals surface area contributed by atoms with Gasteiger partial charge in [-0.3, -0.25) is 9.69 Å². The molecule has 0 unspecified atom stereocenters. The summed E-state index contributed by atoms with van der Waals surface area (Å²) in [5, 5.41) is 9.70. The first-order valence-electron chi connectivity index (χ1n) is 11.1. The highest BCUT2D eigenvalue weighted by molar-refractivity contribution is 6.30. The van der Waals surface area contributed by atoms with Crippen molar-refractivity contribution in [2.24, 2.45) is 5.92 Å². The molecule has 0 saturated carbocycles. The molecule has 2 aromatic carbocycles. The molecule has 1 aromatic heterocycles. The van der Waals surface area contributed by atoms with Crippen molar-refractivity contribution in [3.8, 4) is 17.1 Å². The van der Waals surface area contributed by atoms with Crippen molar-refractivity contribution >= 4 is 17.6 Å². The number of carboxylic acid groups (broad SMARTS) is 1. The quantitative estimate of drug-likeness (QED) is 0.495. The van der Waals surface area contributed by atoms with Gasteiger partial charge in [0.05, 0.1) is 5.69 Å². The predicted molar refractivity (Wildman–Crippen MR) is 128 cm³/mol. The number of aromatic nitrogens is 2. The van der Waals surface area contributed by atoms with Crippen molar-refractivity contribution < 1.29 is 14.6 Å². The predicted octanol–water partition coefficient (Wildman–Crippen LogP) is 5.15. The maximum absolute atomic E-state index is 10.9. The van der Waals surface area contributed by atoms with Crippen LogP contribution in [0.25, 0.3) is 11.4 Å². The van der Waals surface area contributed by atoms with Crippen LogP contribution in [0.3, 0.4) is 0 Å². The second-order valence-corrected chi connectivity index (χ2v) is 9.19. The zero-order chi connectivity index (χ0) is 23.4. The van der Waals surface area contributed by atoms with Gasteiger partial charge < -0.3 is 9.84 Å². The molecule has 4 rings (SSSR count). The Morgan fingerprint density at radius 3 is 2.76 bits per heavy atom. The largest absolute Gasteiger partial charge is 0.489 e. The van der Waals surface area contributed by atoms with Crippen LogP contribution in [0.4, 0.5) is 0 Å². The third kappa shape index (κ3) is 6.09. The third-order valence-electron chi connectivity index (χ3n) is 5.85. The van der Waals surface area contributed by atoms with Crippen LogP contribution in [0.2, 0.25) is 5.02 Å². The summed E-state index contributed by atoms with van der Waals surface area (Å²) in [5.41, 5.74) is 5.25. The lowest BCUT2D eigenvalue weighted by Gasteiger charge is -2.29. The number of rotatable bonds is 8. The molecule has 6 nitrogen and oxygen atoms in total. The van der Waals surface area contributed by atoms with Gasteiger partial charge in [-0.25, -0.2) is 9.97 Å². The van der Waals surface area contributed by atoms with Gasteiger partial charge in [0, 0.05) is 54.8 Å². The number of aryl methyl sites for hydroxylation is 1. The molecule has 1 aliphatic rings. The van der Waals surface area contributed by atoms with Gasteiger partial charge in [0.2, 0.25) is 0 Å². The van der Waals surface area contributed by atoms with E-state index in [1.807, 2.05) is 56.4 Å². The Morgan fingerprint density at radius 2 is 2.03 bits per heavy atom. The monoisotopic (exact) mass is 465 g/mol. The van der Waals surface area contributed by atoms with Crippen LogP contribution in [0.15, 0.2) is 48.7 Å². The molecule has 0 radical (unpaired) electrons. The average Bonchev–Trinajstić information content (AvgIpc) is 2.78. The number of hydrogen-bond donors (Lipinski definition) is 1. The van der Waals surface area contributed by atoms with Gasteiger partial charge in [-0.15, -0.1) is 0 Å². The minimum Gasteiger partial charge on any atom is -0.489 e. The van der Waals surface area contributed by atoms with Crippen LogP contribution >= 0.6 is 11.6 Å². The maximum Gasteiger partial charge on any atom is 0.303 e. The van der Waals surface area contributed by atoms with E-state index in [1.54, 1.807) is 0 Å². The lowest BCUT2D eigenvalue weighted by atomic mass is 10.0. The number of fused-ring (bicyclic) bond motifs is 1. The van der Waals surface area contributed by atoms with Gasteiger partial charge in [-0.1, -0.05) is 30.7 Å². The van der Waals surface area contributed by atoms with Crippen LogP contribution < -0.4 is 4.74 Å². The molecular weight excluding hydrogens is 438 g/mol. The molecule has 0 amide bonds. The highest BCUT2D eigenvalue weighted by atomic mass is 35.5. The van der Waals surface area contributed by atoms with Crippen molar-refractivity contribution in [3.05, 3.63) is 76.1 Å². The Morgan fingerprint density at radius 1 is 1.24 bits per heavy atom. The topological polar surface area (TPSA) is 75.6 Å². The van der Waals surface area contributed by atoms with E-state index in [-0.39, 0.29) is 12.3 Å². The van der Waals surface area contributed by atoms with E-state index in [1.165, 1.54) is 0 Å². The van der Waals surface area contributed by atoms with Crippen molar-refractivity contribution in [1.29, 1.82) is 0 Å². The Labute approximate surface area is 199 Å². The van der Waals surface area contributed by atoms with Gasteiger partial charge in [0.1, 0.15) is 12.4 Å². The van der Waals surface area contributed by atoms with Crippen molar-refractivity contribution in [1.82, 2.24) is 14.9 Å². The summed E-state index contributed by atoms with van der Waals surface area (Å²) in [6, 6.07) is 13.7. The number of carboxylic acids is 1. The smallest absolute Gasteiger partial charge is 0.303 e. The fraction of sp³-hybridized carbons (Fsp3) is 0.346. The van der Waals surface area contributed by atoms with Crippen molar-refractivity contribution in [2.75, 3.05) is 13.1 Å². The van der Waals surface area contributed by atoms with Crippen LogP contribution in [0.5, 0.6) is 5.75 Å². The first kappa shape index (κ1) is 23.2. The average molecular weight is 466 g/mol. The number of hydrogen-bond acceptors (Lipinski definition) is 5. The molecule has 0 fully saturated rings. The number of carbonyl (C=O) groups is 1. The standard InChI is InChI=1S/C26H28ClN3O3/c1-17(11-25(31)32)14-30-10-9-23-21(15-30)13-28-26(29-23)20-5-8-24(18(2)12-20)33-16-19-3-6-22(27)7-4-19/h3-8,12-13,17H,9-11,14-16H2,1-2H3,(H,31,32)/t17-/m1/s1. The van der Waals surface area contributed by atoms with Crippen LogP contribution in [-0.2, 0) is 24.4 Å². The van der Waals surface area contributed by atoms with Gasteiger partial charge in [-0.05, 0) is 54.3 Å². The van der Waals surface area contributed by atoms with Gasteiger partial charge in [-0.2, -0.15) is 0 Å². The normalized spacial score (nSPS) is 14.5. The minimum atomic E-state index is -0.746. The Bertz CT molecular complexity index is 1130. The number of halogens is 1. The summed E-state index contributed by atoms with van der Waals surface area (Å²) in [7, 11) is 0. The van der Waals surface area contributed by atoms with Crippen LogP contribution in [0, 0.1) is 12.8 Å². The summed E-state index contributed by atoms with van der Waals surface area (Å²) in [6.07, 6.45) is 2.94. The van der Waals surface area contributed by atoms with Crippen LogP contribution in [-0.4, -0.2) is 39.0 Å². The van der Waals surface area contributed by atoms with E-state index >= 15 is 0 Å². The van der Waals surface area contributed by atoms with Gasteiger partial charge in [0.25, 0.3) is 0 Å². The molecule has 0 spiro atoms. The van der Waals surface area contributed by atoms with E-state index in [0.717, 1.165) is 59.8 Å². The molecule has 172 valence electrons. The molecule has 0 aliphatic carbocycles. The Kier molecular flexibility index (Phi) is 7.26. The molecule has 0 saturated heterocycles. The minimum absolute atomic E-state index is 0.118. The van der Waals surface area contributed by atoms with E-state index in [9.17, 15) is 4.79 Å². The molecule has 33 heavy (non-hydrogen) atoms. The Balaban J connectivity index is 1.41. The first-order chi connectivity index (χ1) is 15.9. The molecule has 2 heterocycles. The number of ether oxygens (including phenoxy) is 1. The van der Waals surface area contributed by atoms with Gasteiger partial charge >= 0.3 is 5.97 Å². The fourth-order valence-electron chi connectivity index (χ4n) is 4.17. The third-order valence-corrected chi connectivity index (χ3v) is 6.10. The molecule has 1 aliphatic heterocycles. The van der Waals surface area contributed by atoms with Crippen molar-refractivity contribution in [2.45, 2.75) is 39.8 Å². The SMILES string of the molecule is Cc1cc(-c2ncc3c(n2)CCN(C[C@H](C)CC(=O)O)C3)ccc1OCc1ccc(Cl)cc1. The molecule has 3 aromatic rings. The summed E-state index contributed by atoms with van der Waals surface area (Å²) in [5.74, 6) is 0.920. The lowest BCUT2D eigenvalue weighted by molar-refractivity contribution is -0.138. The second kappa shape index (κ2) is 10.3. The summed E-state index contributed by atoms with van der Waals surface area (Å²) in [6.45, 7) is 6.89. The fourth-order valence-corrected chi connectivity index (χ4v) is 4.29. The summed E-state index contributed by atoms with van der Waals surface area (Å²) < 4.78 is 5.99. The molecule has 7 heteroatoms. The molecule has 1 atom stereocenters. The Hall–Kier alpha value is -2.96. The molecular formula is C26H28ClN3O3. The number of nitrogens with zero attached hydrogens (tertiary/aromatic N) is 3. The number of aliphatic carboxylic acids is 1. The second-order valence-electron chi connectivity index (χ2n) is 8.75. The lowest BCUT2D eigenvalue weighted by Crippen LogP contribution is -2.35. The highest BCUT2D eigenvalue weighted by Crippen LogP contribution is 2.27. The van der Waals surface area contributed by atoms with E-state index in [2.05, 4.69) is 16.0 Å². The molecule has 0 bridgehead atoms. The highest BCUT2D eigenvalue weighted by Gasteiger charge is 2.21. The maximum atomic E-state index is 10.9. The first-order valence-corrected chi connectivity index (χ1v) is 11.5. The van der Waals surface area contributed by atoms with Crippen LogP contribution in [0.1, 0.15) is 35.7 Å². The zero-order valence-electron chi connectivity index (χ0n) is 18.9. The van der Waals surface area contributed by atoms with E-state index < -0.39 is 5.97 Å². The van der Waals surface area contributed by atoms with E-state index in [0.29, 0.717) is 17.5 Å². The summed E-state index contributed by atoms with van der Waals surface area (Å²) >= 11 is 5.94. The zero-order valence-corrected chi connectivity index (χ0v) is 19.7. The number of benzene rings is 2. The molecule has 1 N–H and O–H groups in total. The van der Waals surface area contributed by atoms with E-state index in [4.69, 9.17) is 26.4 Å². The van der Waals surface area contributed by atoms with Crippen molar-refractivity contribution in [3.63, 3.8) is 0 Å².